The maximum absolute atomic E-state index is 11.5. The minimum Gasteiger partial charge on any atom is -0.478 e. The minimum absolute atomic E-state index is 0.0851. The first kappa shape index (κ1) is 12.5. The third kappa shape index (κ3) is 3.25. The Labute approximate surface area is 102 Å². The molecule has 1 aromatic carbocycles. The second kappa shape index (κ2) is 5.53. The van der Waals surface area contributed by atoms with Gasteiger partial charge in [-0.05, 0) is 5.56 Å². The van der Waals surface area contributed by atoms with Gasteiger partial charge in [-0.15, -0.1) is 0 Å². The summed E-state index contributed by atoms with van der Waals surface area (Å²) >= 11 is 10.5. The van der Waals surface area contributed by atoms with Gasteiger partial charge in [-0.3, -0.25) is 4.79 Å². The monoisotopic (exact) mass is 259 g/mol. The Kier molecular flexibility index (Phi) is 4.34. The Hall–Kier alpha value is -1.52. The second-order valence-corrected chi connectivity index (χ2v) is 3.65. The lowest BCUT2D eigenvalue weighted by Crippen LogP contribution is -2.14. The van der Waals surface area contributed by atoms with Crippen molar-refractivity contribution in [2.75, 3.05) is 0 Å². The fraction of sp³-hybridized carbons (Fsp3) is 0. The molecule has 0 unspecified atom stereocenters. The lowest BCUT2D eigenvalue weighted by Gasteiger charge is -2.07. The molecule has 0 spiro atoms. The van der Waals surface area contributed by atoms with Gasteiger partial charge in [0.2, 0.25) is 0 Å². The zero-order chi connectivity index (χ0) is 12.1. The van der Waals surface area contributed by atoms with Crippen LogP contribution in [0.1, 0.15) is 5.56 Å². The Balaban J connectivity index is 3.17. The molecule has 4 nitrogen and oxygen atoms in total. The smallest absolute Gasteiger partial charge is 0.329 e. The maximum atomic E-state index is 11.5. The average Bonchev–Trinajstić information content (AvgIpc) is 2.26. The van der Waals surface area contributed by atoms with Crippen LogP contribution in [-0.2, 0) is 9.59 Å². The van der Waals surface area contributed by atoms with E-state index in [-0.39, 0.29) is 5.57 Å². The van der Waals surface area contributed by atoms with E-state index < -0.39 is 11.9 Å². The molecule has 84 valence electrons. The third-order valence-corrected chi connectivity index (χ3v) is 2.04. The van der Waals surface area contributed by atoms with E-state index in [2.05, 4.69) is 0 Å². The fourth-order valence-corrected chi connectivity index (χ4v) is 1.28. The quantitative estimate of drug-likeness (QED) is 0.670. The molecule has 0 atom stereocenters. The number of carboxylic acid groups (broad SMARTS) is 1. The topological polar surface area (TPSA) is 57.6 Å². The van der Waals surface area contributed by atoms with E-state index in [1.54, 1.807) is 30.3 Å². The van der Waals surface area contributed by atoms with Gasteiger partial charge in [0.05, 0.1) is 5.57 Å². The van der Waals surface area contributed by atoms with Crippen molar-refractivity contribution < 1.29 is 14.7 Å². The summed E-state index contributed by atoms with van der Waals surface area (Å²) in [6.45, 7) is 0. The standard InChI is InChI=1S/C10H7Cl2NO3/c11-13(12)10(16)8(6-9(14)15)7-4-2-1-3-5-7/h1-6H,(H,14,15)/b8-6-. The van der Waals surface area contributed by atoms with Crippen LogP contribution in [0.25, 0.3) is 5.57 Å². The predicted molar refractivity (Wildman–Crippen MR) is 60.6 cm³/mol. The van der Waals surface area contributed by atoms with E-state index in [1.165, 1.54) is 0 Å². The summed E-state index contributed by atoms with van der Waals surface area (Å²) in [5.41, 5.74) is 0.347. The van der Waals surface area contributed by atoms with Crippen LogP contribution >= 0.6 is 23.6 Å². The summed E-state index contributed by atoms with van der Waals surface area (Å²) in [7, 11) is 0. The number of nitrogens with zero attached hydrogens (tertiary/aromatic N) is 1. The van der Waals surface area contributed by atoms with Crippen molar-refractivity contribution in [2.24, 2.45) is 0 Å². The fourth-order valence-electron chi connectivity index (χ4n) is 1.10. The van der Waals surface area contributed by atoms with Gasteiger partial charge >= 0.3 is 5.97 Å². The molecule has 1 amide bonds. The van der Waals surface area contributed by atoms with Gasteiger partial charge < -0.3 is 5.11 Å². The third-order valence-electron chi connectivity index (χ3n) is 1.74. The molecular formula is C10H7Cl2NO3. The van der Waals surface area contributed by atoms with Crippen LogP contribution < -0.4 is 0 Å². The first-order valence-corrected chi connectivity index (χ1v) is 4.86. The molecular weight excluding hydrogens is 253 g/mol. The van der Waals surface area contributed by atoms with Crippen molar-refractivity contribution >= 4 is 41.0 Å². The molecule has 16 heavy (non-hydrogen) atoms. The molecule has 6 heteroatoms. The van der Waals surface area contributed by atoms with Gasteiger partial charge in [0, 0.05) is 29.6 Å². The summed E-state index contributed by atoms with van der Waals surface area (Å²) in [6, 6.07) is 8.26. The van der Waals surface area contributed by atoms with E-state index in [9.17, 15) is 9.59 Å². The molecule has 0 bridgehead atoms. The Morgan fingerprint density at radius 3 is 2.19 bits per heavy atom. The van der Waals surface area contributed by atoms with Crippen molar-refractivity contribution in [3.8, 4) is 0 Å². The molecule has 1 aromatic rings. The average molecular weight is 260 g/mol. The van der Waals surface area contributed by atoms with E-state index in [4.69, 9.17) is 28.7 Å². The summed E-state index contributed by atoms with van der Waals surface area (Å²) < 4.78 is 0.293. The zero-order valence-corrected chi connectivity index (χ0v) is 9.44. The first-order valence-electron chi connectivity index (χ1n) is 4.18. The Morgan fingerprint density at radius 1 is 1.19 bits per heavy atom. The summed E-state index contributed by atoms with van der Waals surface area (Å²) in [4.78, 5) is 22.1. The molecule has 0 aliphatic rings. The molecule has 1 N–H and O–H groups in total. The van der Waals surface area contributed by atoms with Crippen LogP contribution in [0.15, 0.2) is 36.4 Å². The normalized spacial score (nSPS) is 11.0. The minimum atomic E-state index is -1.25. The number of carboxylic acids is 1. The van der Waals surface area contributed by atoms with Crippen molar-refractivity contribution in [3.63, 3.8) is 0 Å². The van der Waals surface area contributed by atoms with Crippen LogP contribution in [0.3, 0.4) is 0 Å². The van der Waals surface area contributed by atoms with Crippen LogP contribution in [0.4, 0.5) is 0 Å². The maximum Gasteiger partial charge on any atom is 0.329 e. The number of halogens is 2. The highest BCUT2D eigenvalue weighted by molar-refractivity contribution is 6.47. The molecule has 0 radical (unpaired) electrons. The van der Waals surface area contributed by atoms with Crippen molar-refractivity contribution in [2.45, 2.75) is 0 Å². The van der Waals surface area contributed by atoms with Crippen molar-refractivity contribution in [1.29, 1.82) is 0 Å². The highest BCUT2D eigenvalue weighted by atomic mass is 35.5. The Bertz CT molecular complexity index is 429. The lowest BCUT2D eigenvalue weighted by molar-refractivity contribution is -0.131. The van der Waals surface area contributed by atoms with Crippen LogP contribution in [0.2, 0.25) is 0 Å². The van der Waals surface area contributed by atoms with Crippen LogP contribution in [-0.4, -0.2) is 20.9 Å². The van der Waals surface area contributed by atoms with Crippen LogP contribution in [0, 0.1) is 0 Å². The first-order chi connectivity index (χ1) is 7.52. The predicted octanol–water partition coefficient (Wildman–Crippen LogP) is 2.29. The molecule has 1 rings (SSSR count). The number of rotatable bonds is 3. The molecule has 0 heterocycles. The van der Waals surface area contributed by atoms with Gasteiger partial charge in [-0.1, -0.05) is 30.3 Å². The lowest BCUT2D eigenvalue weighted by atomic mass is 10.1. The number of benzene rings is 1. The Morgan fingerprint density at radius 2 is 1.75 bits per heavy atom. The SMILES string of the molecule is O=C(O)/C=C(\C(=O)N(Cl)Cl)c1ccccc1. The van der Waals surface area contributed by atoms with Crippen molar-refractivity contribution in [1.82, 2.24) is 3.94 Å². The summed E-state index contributed by atoms with van der Waals surface area (Å²) in [5.74, 6) is -2.04. The molecule has 0 saturated carbocycles. The molecule has 0 saturated heterocycles. The number of aliphatic carboxylic acids is 1. The van der Waals surface area contributed by atoms with Crippen LogP contribution in [0.5, 0.6) is 0 Å². The van der Waals surface area contributed by atoms with E-state index in [0.717, 1.165) is 6.08 Å². The summed E-state index contributed by atoms with van der Waals surface area (Å²) in [6.07, 6.45) is 0.759. The summed E-state index contributed by atoms with van der Waals surface area (Å²) in [5, 5.41) is 8.64. The van der Waals surface area contributed by atoms with Crippen molar-refractivity contribution in [3.05, 3.63) is 42.0 Å². The largest absolute Gasteiger partial charge is 0.478 e. The number of hydrogen-bond acceptors (Lipinski definition) is 2. The van der Waals surface area contributed by atoms with E-state index in [1.807, 2.05) is 0 Å². The number of carbonyl (C=O) groups excluding carboxylic acids is 1. The van der Waals surface area contributed by atoms with Gasteiger partial charge in [-0.2, -0.15) is 3.94 Å². The highest BCUT2D eigenvalue weighted by Crippen LogP contribution is 2.19. The molecule has 0 fully saturated rings. The molecule has 0 aliphatic heterocycles. The highest BCUT2D eigenvalue weighted by Gasteiger charge is 2.18. The van der Waals surface area contributed by atoms with Gasteiger partial charge in [-0.25, -0.2) is 4.79 Å². The van der Waals surface area contributed by atoms with Gasteiger partial charge in [0.25, 0.3) is 5.91 Å². The zero-order valence-electron chi connectivity index (χ0n) is 7.93. The van der Waals surface area contributed by atoms with Gasteiger partial charge in [0.15, 0.2) is 0 Å². The van der Waals surface area contributed by atoms with E-state index >= 15 is 0 Å². The van der Waals surface area contributed by atoms with Gasteiger partial charge in [0.1, 0.15) is 0 Å². The number of carbonyl (C=O) groups is 2. The number of amides is 1. The molecule has 0 aliphatic carbocycles. The van der Waals surface area contributed by atoms with E-state index in [0.29, 0.717) is 9.50 Å². The second-order valence-electron chi connectivity index (χ2n) is 2.80. The molecule has 0 aromatic heterocycles. The number of hydrogen-bond donors (Lipinski definition) is 1.